The molecule has 2 saturated heterocycles. The summed E-state index contributed by atoms with van der Waals surface area (Å²) in [7, 11) is 0. The highest BCUT2D eigenvalue weighted by Gasteiger charge is 2.40. The topological polar surface area (TPSA) is 226 Å². The highest BCUT2D eigenvalue weighted by Crippen LogP contribution is 2.27. The molecule has 10 rings (SSSR count). The van der Waals surface area contributed by atoms with Gasteiger partial charge in [0.15, 0.2) is 0 Å². The maximum Gasteiger partial charge on any atom is 0.407 e. The smallest absolute Gasteiger partial charge is 0.407 e. The predicted octanol–water partition coefficient (Wildman–Crippen LogP) is 11.2. The number of aliphatic carboxylic acids is 1. The monoisotopic (exact) mass is 1200 g/mol. The van der Waals surface area contributed by atoms with E-state index in [1.165, 1.54) is 32.7 Å². The Morgan fingerprint density at radius 3 is 1.34 bits per heavy atom. The van der Waals surface area contributed by atoms with Gasteiger partial charge >= 0.3 is 18.2 Å². The average Bonchev–Trinajstić information content (AvgIpc) is 4.32. The summed E-state index contributed by atoms with van der Waals surface area (Å²) in [6.07, 6.45) is 4.51. The number of fused-ring (bicyclic) bond motifs is 2. The number of nitrogens with one attached hydrogen (secondary N) is 5. The summed E-state index contributed by atoms with van der Waals surface area (Å²) < 4.78 is 10.6. The van der Waals surface area contributed by atoms with Crippen LogP contribution in [0.5, 0.6) is 0 Å². The molecule has 17 heteroatoms. The molecule has 464 valence electrons. The van der Waals surface area contributed by atoms with Crippen LogP contribution in [-0.4, -0.2) is 111 Å². The number of hydroxylamine groups is 4. The molecule has 6 aromatic carbocycles. The number of carboxylic acids is 1. The molecule has 4 atom stereocenters. The number of alkyl carbamates (subject to hydrolysis) is 2. The fourth-order valence-electron chi connectivity index (χ4n) is 9.95. The van der Waals surface area contributed by atoms with Crippen LogP contribution in [0, 0.1) is 37.5 Å². The van der Waals surface area contributed by atoms with E-state index in [9.17, 15) is 24.3 Å². The molecule has 8 N–H and O–H groups in total. The third kappa shape index (κ3) is 20.7. The first-order valence-corrected chi connectivity index (χ1v) is 30.1. The Balaban J connectivity index is 0.000000198. The Hall–Kier alpha value is -9.20. The molecule has 2 aromatic heterocycles. The Morgan fingerprint density at radius 2 is 0.933 bits per heavy atom. The van der Waals surface area contributed by atoms with Gasteiger partial charge in [0, 0.05) is 88.9 Å². The van der Waals surface area contributed by atoms with Gasteiger partial charge < -0.3 is 46.2 Å². The number of ether oxygens (including phenoxy) is 2. The van der Waals surface area contributed by atoms with E-state index in [1.807, 2.05) is 161 Å². The number of aromatic nitrogens is 2. The summed E-state index contributed by atoms with van der Waals surface area (Å²) >= 11 is 0. The molecule has 4 unspecified atom stereocenters. The van der Waals surface area contributed by atoms with Crippen molar-refractivity contribution < 1.29 is 43.4 Å². The zero-order chi connectivity index (χ0) is 63.5. The van der Waals surface area contributed by atoms with Crippen molar-refractivity contribution in [3.05, 3.63) is 214 Å². The number of carboxylic acid groups (broad SMARTS) is 1. The number of H-pyrrole nitrogens is 2. The van der Waals surface area contributed by atoms with E-state index in [0.29, 0.717) is 39.0 Å². The number of hydrogen-bond donors (Lipinski definition) is 7. The van der Waals surface area contributed by atoms with Crippen molar-refractivity contribution in [2.45, 2.75) is 130 Å². The Morgan fingerprint density at radius 1 is 0.551 bits per heavy atom. The van der Waals surface area contributed by atoms with Crippen LogP contribution in [0.25, 0.3) is 21.8 Å². The minimum atomic E-state index is -0.963. The number of carbonyl (C=O) groups excluding carboxylic acids is 3. The molecule has 17 nitrogen and oxygen atoms in total. The molecule has 0 bridgehead atoms. The number of aryl methyl sites for hydroxylation is 2. The van der Waals surface area contributed by atoms with Gasteiger partial charge in [0.05, 0.1) is 25.3 Å². The van der Waals surface area contributed by atoms with E-state index in [-0.39, 0.29) is 31.5 Å². The molecule has 2 aliphatic rings. The highest BCUT2D eigenvalue weighted by molar-refractivity contribution is 5.84. The van der Waals surface area contributed by atoms with Crippen LogP contribution in [0.15, 0.2) is 158 Å². The molecular weight excluding hydrogens is 1120 g/mol. The summed E-state index contributed by atoms with van der Waals surface area (Å²) in [6.45, 7) is 17.2. The van der Waals surface area contributed by atoms with Crippen LogP contribution >= 0.6 is 0 Å². The fourth-order valence-corrected chi connectivity index (χ4v) is 9.95. The number of para-hydroxylation sites is 2. The number of rotatable bonds is 15. The zero-order valence-electron chi connectivity index (χ0n) is 52.1. The van der Waals surface area contributed by atoms with E-state index >= 15 is 0 Å². The highest BCUT2D eigenvalue weighted by atomic mass is 16.7. The van der Waals surface area contributed by atoms with Crippen molar-refractivity contribution in [3.63, 3.8) is 0 Å². The lowest BCUT2D eigenvalue weighted by molar-refractivity contribution is -0.182. The fraction of sp³-hybridized carbons (Fsp3) is 0.333. The minimum Gasteiger partial charge on any atom is -0.480 e. The third-order valence-corrected chi connectivity index (χ3v) is 14.4. The van der Waals surface area contributed by atoms with Crippen LogP contribution in [0.2, 0.25) is 0 Å². The molecule has 89 heavy (non-hydrogen) atoms. The van der Waals surface area contributed by atoms with Crippen molar-refractivity contribution in [2.75, 3.05) is 26.2 Å². The standard InChI is InChI=1S/C36H40N4O4.C26H30N2O5.C10H12N2/c1-25-9-11-26(12-10-25)13-14-27-15-17-28(18-16-27)24-40-33(21-30(44-40)23-39-35(42)43-36(2,3)4)34(41)37-20-19-29-22-38-32-8-6-5-7-31(29)32;1-18-5-7-19(8-6-18)9-10-20-11-13-21(14-12-20)17-28-23(24(29)30)15-22(33-28)16-27-25(31)32-26(2,3)4;11-6-5-8-7-12-10-4-2-1-3-9(8)10/h5-12,15-18,22,30,33,38H,19-21,23-24H2,1-4H3,(H,37,41)(H,39,42);5-8,11-14,22-23H,15-17H2,1-4H3,(H,27,31)(H,29,30);1-4,7,12H,5-6,11H2. The van der Waals surface area contributed by atoms with Gasteiger partial charge in [-0.3, -0.25) is 19.3 Å². The molecule has 0 aliphatic carbocycles. The lowest BCUT2D eigenvalue weighted by atomic mass is 10.1. The van der Waals surface area contributed by atoms with Crippen LogP contribution in [0.1, 0.15) is 110 Å². The first-order valence-electron chi connectivity index (χ1n) is 30.1. The molecule has 4 heterocycles. The lowest BCUT2D eigenvalue weighted by Gasteiger charge is -2.22. The number of nitrogens with two attached hydrogens (primary N) is 1. The number of hydrogen-bond acceptors (Lipinski definition) is 11. The first-order chi connectivity index (χ1) is 42.6. The average molecular weight is 1200 g/mol. The molecule has 0 radical (unpaired) electrons. The van der Waals surface area contributed by atoms with Gasteiger partial charge in [0.25, 0.3) is 0 Å². The zero-order valence-corrected chi connectivity index (χ0v) is 52.1. The van der Waals surface area contributed by atoms with Crippen LogP contribution < -0.4 is 21.7 Å². The first kappa shape index (κ1) is 65.8. The van der Waals surface area contributed by atoms with Crippen molar-refractivity contribution in [2.24, 2.45) is 5.73 Å². The molecule has 0 saturated carbocycles. The molecule has 2 fully saturated rings. The van der Waals surface area contributed by atoms with E-state index in [1.54, 1.807) is 25.8 Å². The maximum atomic E-state index is 13.4. The second-order valence-corrected chi connectivity index (χ2v) is 24.1. The number of amides is 3. The maximum absolute atomic E-state index is 13.4. The van der Waals surface area contributed by atoms with Crippen LogP contribution in [0.4, 0.5) is 9.59 Å². The van der Waals surface area contributed by atoms with Gasteiger partial charge in [-0.05, 0) is 158 Å². The summed E-state index contributed by atoms with van der Waals surface area (Å²) in [6, 6.07) is 46.9. The molecule has 2 aliphatic heterocycles. The number of nitrogens with zero attached hydrogens (tertiary/aromatic N) is 2. The SMILES string of the molecule is Cc1ccc(C#Cc2ccc(CN3OC(CNC(=O)OC(C)(C)C)CC3C(=O)NCCc3c[nH]c4ccccc34)cc2)cc1.Cc1ccc(C#Cc2ccc(CN3OC(CNC(=O)OC(C)(C)C)CC3C(=O)O)cc2)cc1.NCCc1c[nH]c2ccccc12. The van der Waals surface area contributed by atoms with Gasteiger partial charge in [-0.1, -0.05) is 120 Å². The van der Waals surface area contributed by atoms with Crippen molar-refractivity contribution in [3.8, 4) is 23.7 Å². The molecular formula is C72H82N8O9. The van der Waals surface area contributed by atoms with E-state index in [2.05, 4.69) is 80.8 Å². The van der Waals surface area contributed by atoms with E-state index < -0.39 is 47.5 Å². The van der Waals surface area contributed by atoms with Gasteiger partial charge in [-0.15, -0.1) is 0 Å². The van der Waals surface area contributed by atoms with Gasteiger partial charge in [-0.2, -0.15) is 10.1 Å². The Bertz CT molecular complexity index is 3770. The minimum absolute atomic E-state index is 0.106. The quantitative estimate of drug-likeness (QED) is 0.0476. The number of aromatic amines is 2. The van der Waals surface area contributed by atoms with Crippen LogP contribution in [-0.2, 0) is 54.7 Å². The van der Waals surface area contributed by atoms with Crippen molar-refractivity contribution in [1.29, 1.82) is 0 Å². The Kier molecular flexibility index (Phi) is 23.0. The van der Waals surface area contributed by atoms with Gasteiger partial charge in [0.2, 0.25) is 5.91 Å². The summed E-state index contributed by atoms with van der Waals surface area (Å²) in [5.41, 5.74) is 17.0. The lowest BCUT2D eigenvalue weighted by Crippen LogP contribution is -2.43. The van der Waals surface area contributed by atoms with Crippen LogP contribution in [0.3, 0.4) is 0 Å². The molecule has 3 amide bonds. The van der Waals surface area contributed by atoms with Gasteiger partial charge in [-0.25, -0.2) is 9.59 Å². The number of benzene rings is 6. The summed E-state index contributed by atoms with van der Waals surface area (Å²) in [5.74, 6) is 11.6. The summed E-state index contributed by atoms with van der Waals surface area (Å²) in [5, 5.41) is 23.7. The predicted molar refractivity (Wildman–Crippen MR) is 347 cm³/mol. The molecule has 0 spiro atoms. The summed E-state index contributed by atoms with van der Waals surface area (Å²) in [4.78, 5) is 67.8. The third-order valence-electron chi connectivity index (χ3n) is 14.4. The molecule has 8 aromatic rings. The normalized spacial score (nSPS) is 16.5. The van der Waals surface area contributed by atoms with E-state index in [4.69, 9.17) is 24.9 Å². The number of carbonyl (C=O) groups is 4. The van der Waals surface area contributed by atoms with Crippen molar-refractivity contribution >= 4 is 45.9 Å². The van der Waals surface area contributed by atoms with E-state index in [0.717, 1.165) is 56.3 Å². The van der Waals surface area contributed by atoms with Crippen molar-refractivity contribution in [1.82, 2.24) is 36.0 Å². The second kappa shape index (κ2) is 31.1. The Labute approximate surface area is 521 Å². The second-order valence-electron chi connectivity index (χ2n) is 24.1. The largest absolute Gasteiger partial charge is 0.480 e. The van der Waals surface area contributed by atoms with Gasteiger partial charge in [0.1, 0.15) is 23.3 Å².